The molecule has 0 unspecified atom stereocenters. The summed E-state index contributed by atoms with van der Waals surface area (Å²) in [6.45, 7) is 6.75. The number of ether oxygens (including phenoxy) is 2. The molecule has 0 bridgehead atoms. The lowest BCUT2D eigenvalue weighted by Gasteiger charge is -2.26. The lowest BCUT2D eigenvalue weighted by Crippen LogP contribution is -2.37. The zero-order valence-corrected chi connectivity index (χ0v) is 19.0. The van der Waals surface area contributed by atoms with Gasteiger partial charge in [0, 0.05) is 31.1 Å². The van der Waals surface area contributed by atoms with Crippen molar-refractivity contribution >= 4 is 24.2 Å². The Balaban J connectivity index is 0.00000272. The summed E-state index contributed by atoms with van der Waals surface area (Å²) in [6, 6.07) is 14.3. The quantitative estimate of drug-likeness (QED) is 0.467. The number of morpholine rings is 1. The van der Waals surface area contributed by atoms with Crippen LogP contribution in [0.1, 0.15) is 11.4 Å². The van der Waals surface area contributed by atoms with Gasteiger partial charge >= 0.3 is 0 Å². The van der Waals surface area contributed by atoms with Gasteiger partial charge in [-0.3, -0.25) is 9.47 Å². The highest BCUT2D eigenvalue weighted by atomic mass is 35.5. The van der Waals surface area contributed by atoms with Gasteiger partial charge in [-0.15, -0.1) is 22.6 Å². The van der Waals surface area contributed by atoms with E-state index in [4.69, 9.17) is 9.47 Å². The molecule has 6 nitrogen and oxygen atoms in total. The zero-order valence-electron chi connectivity index (χ0n) is 17.4. The van der Waals surface area contributed by atoms with Crippen molar-refractivity contribution in [2.45, 2.75) is 18.7 Å². The number of aromatic nitrogens is 3. The molecule has 9 heteroatoms. The van der Waals surface area contributed by atoms with E-state index in [1.54, 1.807) is 23.9 Å². The standard InChI is InChI=1S/C22H25FN4O2S.ClH/c1-17-3-2-4-20(15-17)29-16-21-24-25-22(27(21)19-7-5-18(23)6-8-19)30-14-11-26-9-12-28-13-10-26;/h2-8,15H,9-14,16H2,1H3;1H. The Kier molecular flexibility index (Phi) is 8.71. The number of hydrogen-bond donors (Lipinski definition) is 0. The van der Waals surface area contributed by atoms with Crippen molar-refractivity contribution in [3.8, 4) is 11.4 Å². The lowest BCUT2D eigenvalue weighted by molar-refractivity contribution is 0.0410. The molecule has 0 aliphatic carbocycles. The Hall–Kier alpha value is -2.13. The molecular formula is C22H26ClFN4O2S. The SMILES string of the molecule is Cc1cccc(OCc2nnc(SCCN3CCOCC3)n2-c2ccc(F)cc2)c1.Cl. The van der Waals surface area contributed by atoms with Gasteiger partial charge in [0.2, 0.25) is 0 Å². The summed E-state index contributed by atoms with van der Waals surface area (Å²) < 4.78 is 26.8. The lowest BCUT2D eigenvalue weighted by atomic mass is 10.2. The molecule has 1 saturated heterocycles. The molecule has 2 heterocycles. The number of rotatable bonds is 8. The van der Waals surface area contributed by atoms with Gasteiger partial charge in [-0.1, -0.05) is 23.9 Å². The first-order valence-corrected chi connectivity index (χ1v) is 11.0. The van der Waals surface area contributed by atoms with E-state index >= 15 is 0 Å². The minimum atomic E-state index is -0.272. The molecule has 31 heavy (non-hydrogen) atoms. The summed E-state index contributed by atoms with van der Waals surface area (Å²) in [7, 11) is 0. The van der Waals surface area contributed by atoms with E-state index in [0.29, 0.717) is 5.82 Å². The maximum atomic E-state index is 13.5. The summed E-state index contributed by atoms with van der Waals surface area (Å²) in [6.07, 6.45) is 0. The fourth-order valence-electron chi connectivity index (χ4n) is 3.28. The number of hydrogen-bond acceptors (Lipinski definition) is 6. The first kappa shape index (κ1) is 23.5. The maximum absolute atomic E-state index is 13.5. The molecule has 1 aliphatic heterocycles. The second kappa shape index (κ2) is 11.5. The van der Waals surface area contributed by atoms with E-state index in [2.05, 4.69) is 15.1 Å². The third-order valence-electron chi connectivity index (χ3n) is 4.89. The van der Waals surface area contributed by atoms with Crippen LogP contribution in [-0.4, -0.2) is 58.3 Å². The molecule has 0 spiro atoms. The highest BCUT2D eigenvalue weighted by Crippen LogP contribution is 2.24. The van der Waals surface area contributed by atoms with E-state index in [0.717, 1.165) is 60.8 Å². The average Bonchev–Trinajstić information content (AvgIpc) is 3.16. The second-order valence-corrected chi connectivity index (χ2v) is 8.18. The Bertz CT molecular complexity index is 964. The van der Waals surface area contributed by atoms with E-state index in [9.17, 15) is 4.39 Å². The molecule has 1 fully saturated rings. The molecule has 0 atom stereocenters. The Morgan fingerprint density at radius 2 is 1.87 bits per heavy atom. The molecule has 0 radical (unpaired) electrons. The van der Waals surface area contributed by atoms with Crippen LogP contribution in [0, 0.1) is 12.7 Å². The molecule has 166 valence electrons. The molecule has 1 aromatic heterocycles. The summed E-state index contributed by atoms with van der Waals surface area (Å²) in [5.41, 5.74) is 1.95. The third-order valence-corrected chi connectivity index (χ3v) is 5.79. The van der Waals surface area contributed by atoms with Crippen LogP contribution in [-0.2, 0) is 11.3 Å². The minimum absolute atomic E-state index is 0. The molecule has 1 aliphatic rings. The number of aryl methyl sites for hydroxylation is 1. The highest BCUT2D eigenvalue weighted by Gasteiger charge is 2.17. The Morgan fingerprint density at radius 1 is 1.10 bits per heavy atom. The summed E-state index contributed by atoms with van der Waals surface area (Å²) >= 11 is 1.64. The summed E-state index contributed by atoms with van der Waals surface area (Å²) in [4.78, 5) is 2.39. The van der Waals surface area contributed by atoms with E-state index in [1.165, 1.54) is 12.1 Å². The number of thioether (sulfide) groups is 1. The van der Waals surface area contributed by atoms with Crippen LogP contribution in [0.5, 0.6) is 5.75 Å². The van der Waals surface area contributed by atoms with Crippen molar-refractivity contribution in [3.05, 3.63) is 65.7 Å². The summed E-state index contributed by atoms with van der Waals surface area (Å²) in [5.74, 6) is 2.07. The van der Waals surface area contributed by atoms with Crippen molar-refractivity contribution < 1.29 is 13.9 Å². The van der Waals surface area contributed by atoms with Crippen LogP contribution in [0.25, 0.3) is 5.69 Å². The average molecular weight is 465 g/mol. The van der Waals surface area contributed by atoms with Crippen LogP contribution in [0.4, 0.5) is 4.39 Å². The number of benzene rings is 2. The van der Waals surface area contributed by atoms with Gasteiger partial charge < -0.3 is 9.47 Å². The van der Waals surface area contributed by atoms with Crippen LogP contribution in [0.3, 0.4) is 0 Å². The largest absolute Gasteiger partial charge is 0.486 e. The van der Waals surface area contributed by atoms with Crippen LogP contribution < -0.4 is 4.74 Å². The fraction of sp³-hybridized carbons (Fsp3) is 0.364. The molecule has 3 aromatic rings. The van der Waals surface area contributed by atoms with Crippen molar-refractivity contribution in [2.24, 2.45) is 0 Å². The molecule has 0 amide bonds. The van der Waals surface area contributed by atoms with E-state index in [-0.39, 0.29) is 24.8 Å². The van der Waals surface area contributed by atoms with Gasteiger partial charge in [0.05, 0.1) is 13.2 Å². The van der Waals surface area contributed by atoms with Crippen molar-refractivity contribution in [1.82, 2.24) is 19.7 Å². The van der Waals surface area contributed by atoms with Gasteiger partial charge in [0.25, 0.3) is 0 Å². The maximum Gasteiger partial charge on any atom is 0.195 e. The van der Waals surface area contributed by atoms with Gasteiger partial charge in [0.1, 0.15) is 18.2 Å². The normalized spacial score (nSPS) is 14.3. The van der Waals surface area contributed by atoms with E-state index in [1.807, 2.05) is 35.8 Å². The predicted molar refractivity (Wildman–Crippen MR) is 122 cm³/mol. The first-order valence-electron chi connectivity index (χ1n) is 10.0. The van der Waals surface area contributed by atoms with Crippen molar-refractivity contribution in [2.75, 3.05) is 38.6 Å². The topological polar surface area (TPSA) is 52.4 Å². The minimum Gasteiger partial charge on any atom is -0.486 e. The van der Waals surface area contributed by atoms with Crippen LogP contribution in [0.2, 0.25) is 0 Å². The smallest absolute Gasteiger partial charge is 0.195 e. The van der Waals surface area contributed by atoms with Crippen molar-refractivity contribution in [3.63, 3.8) is 0 Å². The number of nitrogens with zero attached hydrogens (tertiary/aromatic N) is 4. The Morgan fingerprint density at radius 3 is 2.61 bits per heavy atom. The molecule has 0 saturated carbocycles. The Labute approximate surface area is 192 Å². The third kappa shape index (κ3) is 6.43. The summed E-state index contributed by atoms with van der Waals surface area (Å²) in [5, 5.41) is 9.52. The monoisotopic (exact) mass is 464 g/mol. The second-order valence-electron chi connectivity index (χ2n) is 7.12. The van der Waals surface area contributed by atoms with Gasteiger partial charge in [-0.05, 0) is 48.9 Å². The van der Waals surface area contributed by atoms with Crippen LogP contribution in [0.15, 0.2) is 53.7 Å². The van der Waals surface area contributed by atoms with Gasteiger partial charge in [0.15, 0.2) is 11.0 Å². The zero-order chi connectivity index (χ0) is 20.8. The predicted octanol–water partition coefficient (Wildman–Crippen LogP) is 4.14. The fourth-order valence-corrected chi connectivity index (χ4v) is 4.25. The van der Waals surface area contributed by atoms with E-state index < -0.39 is 0 Å². The molecule has 4 rings (SSSR count). The molecule has 2 aromatic carbocycles. The van der Waals surface area contributed by atoms with Gasteiger partial charge in [-0.25, -0.2) is 4.39 Å². The highest BCUT2D eigenvalue weighted by molar-refractivity contribution is 7.99. The van der Waals surface area contributed by atoms with Gasteiger partial charge in [-0.2, -0.15) is 0 Å². The molecular weight excluding hydrogens is 439 g/mol. The van der Waals surface area contributed by atoms with Crippen molar-refractivity contribution in [1.29, 1.82) is 0 Å². The number of halogens is 2. The molecule has 0 N–H and O–H groups in total. The van der Waals surface area contributed by atoms with Crippen LogP contribution >= 0.6 is 24.2 Å². The first-order chi connectivity index (χ1) is 14.7.